The average molecular weight is 254 g/mol. The molecule has 0 spiro atoms. The van der Waals surface area contributed by atoms with Crippen LogP contribution in [0.5, 0.6) is 0 Å². The maximum atomic E-state index is 13.9. The first-order valence-corrected chi connectivity index (χ1v) is 6.58. The standard InChI is InChI=1S/C15H20F2O/c1-10-8-13(17)11(9-12(10)16)14(18)15(2)6-4-3-5-7-15/h8-9,14,18H,3-7H2,1-2H3. The third kappa shape index (κ3) is 2.41. The van der Waals surface area contributed by atoms with Gasteiger partial charge in [0.15, 0.2) is 0 Å². The lowest BCUT2D eigenvalue weighted by molar-refractivity contribution is 0.00563. The molecule has 1 N–H and O–H groups in total. The SMILES string of the molecule is Cc1cc(F)c(C(O)C2(C)CCCCC2)cc1F. The van der Waals surface area contributed by atoms with Gasteiger partial charge in [-0.05, 0) is 42.9 Å². The van der Waals surface area contributed by atoms with Gasteiger partial charge in [-0.2, -0.15) is 0 Å². The van der Waals surface area contributed by atoms with E-state index in [1.54, 1.807) is 0 Å². The zero-order chi connectivity index (χ0) is 13.3. The smallest absolute Gasteiger partial charge is 0.129 e. The maximum Gasteiger partial charge on any atom is 0.129 e. The molecule has 1 aromatic carbocycles. The molecular weight excluding hydrogens is 234 g/mol. The van der Waals surface area contributed by atoms with Crippen LogP contribution >= 0.6 is 0 Å². The summed E-state index contributed by atoms with van der Waals surface area (Å²) in [4.78, 5) is 0. The lowest BCUT2D eigenvalue weighted by atomic mass is 9.70. The summed E-state index contributed by atoms with van der Waals surface area (Å²) in [6, 6.07) is 2.31. The molecule has 1 aromatic rings. The number of aliphatic hydroxyl groups excluding tert-OH is 1. The van der Waals surface area contributed by atoms with Gasteiger partial charge in [0, 0.05) is 5.56 Å². The molecule has 3 heteroatoms. The summed E-state index contributed by atoms with van der Waals surface area (Å²) >= 11 is 0. The zero-order valence-corrected chi connectivity index (χ0v) is 11.0. The van der Waals surface area contributed by atoms with E-state index < -0.39 is 17.7 Å². The second-order valence-electron chi connectivity index (χ2n) is 5.74. The Labute approximate surface area is 107 Å². The predicted octanol–water partition coefficient (Wildman–Crippen LogP) is 4.28. The van der Waals surface area contributed by atoms with Gasteiger partial charge in [-0.3, -0.25) is 0 Å². The highest BCUT2D eigenvalue weighted by atomic mass is 19.1. The third-order valence-corrected chi connectivity index (χ3v) is 4.23. The number of aliphatic hydroxyl groups is 1. The molecule has 1 unspecified atom stereocenters. The van der Waals surface area contributed by atoms with Crippen LogP contribution in [0.2, 0.25) is 0 Å². The highest BCUT2D eigenvalue weighted by Gasteiger charge is 2.36. The van der Waals surface area contributed by atoms with Crippen LogP contribution in [-0.4, -0.2) is 5.11 Å². The van der Waals surface area contributed by atoms with Crippen molar-refractivity contribution in [2.45, 2.75) is 52.1 Å². The Bertz CT molecular complexity index is 436. The van der Waals surface area contributed by atoms with Crippen LogP contribution in [0.3, 0.4) is 0 Å². The Balaban J connectivity index is 2.33. The first-order chi connectivity index (χ1) is 8.44. The predicted molar refractivity (Wildman–Crippen MR) is 67.2 cm³/mol. The molecule has 1 fully saturated rings. The lowest BCUT2D eigenvalue weighted by Crippen LogP contribution is -2.29. The fourth-order valence-electron chi connectivity index (χ4n) is 2.88. The third-order valence-electron chi connectivity index (χ3n) is 4.23. The normalized spacial score (nSPS) is 20.7. The van der Waals surface area contributed by atoms with Crippen molar-refractivity contribution in [2.24, 2.45) is 5.41 Å². The summed E-state index contributed by atoms with van der Waals surface area (Å²) in [6.45, 7) is 3.49. The van der Waals surface area contributed by atoms with Gasteiger partial charge < -0.3 is 5.11 Å². The van der Waals surface area contributed by atoms with E-state index in [-0.39, 0.29) is 16.5 Å². The molecule has 0 aromatic heterocycles. The minimum absolute atomic E-state index is 0.0995. The van der Waals surface area contributed by atoms with Crippen LogP contribution < -0.4 is 0 Å². The molecule has 0 amide bonds. The molecule has 2 rings (SSSR count). The van der Waals surface area contributed by atoms with E-state index in [9.17, 15) is 13.9 Å². The Hall–Kier alpha value is -0.960. The Morgan fingerprint density at radius 2 is 1.72 bits per heavy atom. The molecule has 0 aliphatic heterocycles. The van der Waals surface area contributed by atoms with Crippen LogP contribution in [0.15, 0.2) is 12.1 Å². The quantitative estimate of drug-likeness (QED) is 0.835. The molecule has 100 valence electrons. The van der Waals surface area contributed by atoms with Gasteiger partial charge in [-0.1, -0.05) is 26.2 Å². The molecule has 0 radical (unpaired) electrons. The number of hydrogen-bond donors (Lipinski definition) is 1. The number of rotatable bonds is 2. The largest absolute Gasteiger partial charge is 0.388 e. The van der Waals surface area contributed by atoms with E-state index in [1.807, 2.05) is 6.92 Å². The van der Waals surface area contributed by atoms with Gasteiger partial charge in [0.2, 0.25) is 0 Å². The van der Waals surface area contributed by atoms with Crippen molar-refractivity contribution in [3.8, 4) is 0 Å². The molecule has 0 heterocycles. The fourth-order valence-corrected chi connectivity index (χ4v) is 2.88. The number of benzene rings is 1. The van der Waals surface area contributed by atoms with E-state index in [2.05, 4.69) is 0 Å². The van der Waals surface area contributed by atoms with Crippen molar-refractivity contribution < 1.29 is 13.9 Å². The van der Waals surface area contributed by atoms with Crippen molar-refractivity contribution in [3.63, 3.8) is 0 Å². The minimum atomic E-state index is -0.923. The van der Waals surface area contributed by atoms with Crippen LogP contribution in [0.25, 0.3) is 0 Å². The maximum absolute atomic E-state index is 13.9. The molecule has 0 bridgehead atoms. The van der Waals surface area contributed by atoms with E-state index in [4.69, 9.17) is 0 Å². The minimum Gasteiger partial charge on any atom is -0.388 e. The lowest BCUT2D eigenvalue weighted by Gasteiger charge is -2.38. The Morgan fingerprint density at radius 1 is 1.11 bits per heavy atom. The van der Waals surface area contributed by atoms with Crippen molar-refractivity contribution in [1.82, 2.24) is 0 Å². The summed E-state index contributed by atoms with van der Waals surface area (Å²) in [5, 5.41) is 10.4. The first kappa shape index (κ1) is 13.5. The average Bonchev–Trinajstić information content (AvgIpc) is 2.34. The van der Waals surface area contributed by atoms with E-state index >= 15 is 0 Å². The second-order valence-corrected chi connectivity index (χ2v) is 5.74. The van der Waals surface area contributed by atoms with Crippen molar-refractivity contribution in [1.29, 1.82) is 0 Å². The Kier molecular flexibility index (Phi) is 3.71. The van der Waals surface area contributed by atoms with Gasteiger partial charge >= 0.3 is 0 Å². The van der Waals surface area contributed by atoms with Gasteiger partial charge in [0.25, 0.3) is 0 Å². The van der Waals surface area contributed by atoms with Crippen molar-refractivity contribution in [3.05, 3.63) is 34.9 Å². The monoisotopic (exact) mass is 254 g/mol. The van der Waals surface area contributed by atoms with Crippen molar-refractivity contribution >= 4 is 0 Å². The molecule has 1 nitrogen and oxygen atoms in total. The first-order valence-electron chi connectivity index (χ1n) is 6.58. The van der Waals surface area contributed by atoms with Gasteiger partial charge in [0.1, 0.15) is 11.6 Å². The van der Waals surface area contributed by atoms with Crippen molar-refractivity contribution in [2.75, 3.05) is 0 Å². The summed E-state index contributed by atoms with van der Waals surface area (Å²) in [6.07, 6.45) is 4.06. The Morgan fingerprint density at radius 3 is 2.33 bits per heavy atom. The highest BCUT2D eigenvalue weighted by Crippen LogP contribution is 2.46. The van der Waals surface area contributed by atoms with Crippen LogP contribution in [-0.2, 0) is 0 Å². The molecular formula is C15H20F2O. The molecule has 1 saturated carbocycles. The van der Waals surface area contributed by atoms with E-state index in [1.165, 1.54) is 13.0 Å². The molecule has 1 aliphatic carbocycles. The molecule has 0 saturated heterocycles. The molecule has 1 atom stereocenters. The topological polar surface area (TPSA) is 20.2 Å². The number of aryl methyl sites for hydroxylation is 1. The van der Waals surface area contributed by atoms with E-state index in [0.717, 1.165) is 38.2 Å². The number of halogens is 2. The summed E-state index contributed by atoms with van der Waals surface area (Å²) in [5.41, 5.74) is 0.0422. The van der Waals surface area contributed by atoms with Crippen LogP contribution in [0, 0.1) is 24.0 Å². The second kappa shape index (κ2) is 4.96. The van der Waals surface area contributed by atoms with Gasteiger partial charge in [-0.25, -0.2) is 8.78 Å². The summed E-state index contributed by atoms with van der Waals surface area (Å²) in [7, 11) is 0. The highest BCUT2D eigenvalue weighted by molar-refractivity contribution is 5.28. The van der Waals surface area contributed by atoms with Crippen LogP contribution in [0.1, 0.15) is 56.3 Å². The van der Waals surface area contributed by atoms with E-state index in [0.29, 0.717) is 0 Å². The molecule has 1 aliphatic rings. The molecule has 18 heavy (non-hydrogen) atoms. The fraction of sp³-hybridized carbons (Fsp3) is 0.600. The summed E-state index contributed by atoms with van der Waals surface area (Å²) in [5.74, 6) is -0.960. The zero-order valence-electron chi connectivity index (χ0n) is 11.0. The summed E-state index contributed by atoms with van der Waals surface area (Å²) < 4.78 is 27.4. The number of hydrogen-bond acceptors (Lipinski definition) is 1. The van der Waals surface area contributed by atoms with Gasteiger partial charge in [0.05, 0.1) is 6.10 Å². The van der Waals surface area contributed by atoms with Gasteiger partial charge in [-0.15, -0.1) is 0 Å². The van der Waals surface area contributed by atoms with Crippen LogP contribution in [0.4, 0.5) is 8.78 Å².